The summed E-state index contributed by atoms with van der Waals surface area (Å²) in [5.74, 6) is 0. The quantitative estimate of drug-likeness (QED) is 0.828. The molecule has 0 aliphatic carbocycles. The molecule has 1 aromatic carbocycles. The number of piperidine rings is 1. The van der Waals surface area contributed by atoms with E-state index in [1.165, 1.54) is 16.0 Å². The Morgan fingerprint density at radius 3 is 2.09 bits per heavy atom. The monoisotopic (exact) mass is 355 g/mol. The van der Waals surface area contributed by atoms with Crippen molar-refractivity contribution >= 4 is 25.9 Å². The van der Waals surface area contributed by atoms with E-state index in [1.54, 1.807) is 6.08 Å². The van der Waals surface area contributed by atoms with Crippen LogP contribution in [-0.4, -0.2) is 44.7 Å². The Morgan fingerprint density at radius 1 is 1.00 bits per heavy atom. The SMILES string of the molecule is CS(=O)(=O)C1CC2CCC(C1)N2S(=O)(=O)/C=C/c1ccccc1. The third-order valence-electron chi connectivity index (χ3n) is 4.75. The van der Waals surface area contributed by atoms with Crippen LogP contribution in [0.15, 0.2) is 35.7 Å². The maximum Gasteiger partial charge on any atom is 0.236 e. The van der Waals surface area contributed by atoms with E-state index in [1.807, 2.05) is 30.3 Å². The molecule has 2 unspecified atom stereocenters. The van der Waals surface area contributed by atoms with E-state index in [0.29, 0.717) is 12.8 Å². The predicted octanol–water partition coefficient (Wildman–Crippen LogP) is 2.03. The molecule has 0 amide bonds. The van der Waals surface area contributed by atoms with Gasteiger partial charge in [-0.05, 0) is 37.3 Å². The van der Waals surface area contributed by atoms with Crippen molar-refractivity contribution in [3.05, 3.63) is 41.3 Å². The Balaban J connectivity index is 1.81. The van der Waals surface area contributed by atoms with E-state index >= 15 is 0 Å². The highest BCUT2D eigenvalue weighted by Gasteiger charge is 2.48. The highest BCUT2D eigenvalue weighted by molar-refractivity contribution is 7.92. The smallest absolute Gasteiger partial charge is 0.229 e. The summed E-state index contributed by atoms with van der Waals surface area (Å²) in [7, 11) is -6.64. The number of nitrogens with zero attached hydrogens (tertiary/aromatic N) is 1. The van der Waals surface area contributed by atoms with Crippen LogP contribution in [0.2, 0.25) is 0 Å². The highest BCUT2D eigenvalue weighted by atomic mass is 32.2. The van der Waals surface area contributed by atoms with Crippen molar-refractivity contribution in [3.63, 3.8) is 0 Å². The summed E-state index contributed by atoms with van der Waals surface area (Å²) in [6.07, 6.45) is 5.15. The molecule has 0 aromatic heterocycles. The van der Waals surface area contributed by atoms with Crippen LogP contribution in [0.1, 0.15) is 31.2 Å². The minimum Gasteiger partial charge on any atom is -0.229 e. The summed E-state index contributed by atoms with van der Waals surface area (Å²) < 4.78 is 50.4. The van der Waals surface area contributed by atoms with Gasteiger partial charge >= 0.3 is 0 Å². The normalized spacial score (nSPS) is 29.2. The van der Waals surface area contributed by atoms with Crippen LogP contribution in [0.5, 0.6) is 0 Å². The van der Waals surface area contributed by atoms with Gasteiger partial charge < -0.3 is 0 Å². The highest BCUT2D eigenvalue weighted by Crippen LogP contribution is 2.40. The summed E-state index contributed by atoms with van der Waals surface area (Å²) in [4.78, 5) is 0. The molecule has 0 radical (unpaired) electrons. The molecule has 5 nitrogen and oxygen atoms in total. The van der Waals surface area contributed by atoms with Gasteiger partial charge in [-0.3, -0.25) is 0 Å². The van der Waals surface area contributed by atoms with Crippen LogP contribution in [0.3, 0.4) is 0 Å². The largest absolute Gasteiger partial charge is 0.236 e. The van der Waals surface area contributed by atoms with Crippen molar-refractivity contribution in [3.8, 4) is 0 Å². The van der Waals surface area contributed by atoms with E-state index in [-0.39, 0.29) is 12.1 Å². The molecule has 7 heteroatoms. The van der Waals surface area contributed by atoms with Gasteiger partial charge in [-0.25, -0.2) is 16.8 Å². The zero-order valence-electron chi connectivity index (χ0n) is 13.0. The molecule has 2 fully saturated rings. The Morgan fingerprint density at radius 2 is 1.57 bits per heavy atom. The third kappa shape index (κ3) is 3.51. The number of fused-ring (bicyclic) bond motifs is 2. The van der Waals surface area contributed by atoms with Crippen molar-refractivity contribution in [1.29, 1.82) is 0 Å². The summed E-state index contributed by atoms with van der Waals surface area (Å²) in [6.45, 7) is 0. The molecule has 0 saturated carbocycles. The molecule has 2 saturated heterocycles. The minimum absolute atomic E-state index is 0.195. The van der Waals surface area contributed by atoms with E-state index in [9.17, 15) is 16.8 Å². The Kier molecular flexibility index (Phi) is 4.37. The molecular weight excluding hydrogens is 334 g/mol. The second kappa shape index (κ2) is 6.03. The van der Waals surface area contributed by atoms with Crippen LogP contribution < -0.4 is 0 Å². The molecule has 0 spiro atoms. The molecule has 23 heavy (non-hydrogen) atoms. The maximum atomic E-state index is 12.7. The van der Waals surface area contributed by atoms with Crippen LogP contribution in [0, 0.1) is 0 Å². The lowest BCUT2D eigenvalue weighted by Gasteiger charge is -2.36. The van der Waals surface area contributed by atoms with Gasteiger partial charge in [-0.15, -0.1) is 0 Å². The first-order valence-corrected chi connectivity index (χ1v) is 11.2. The zero-order chi connectivity index (χ0) is 16.7. The average molecular weight is 355 g/mol. The van der Waals surface area contributed by atoms with E-state index in [2.05, 4.69) is 0 Å². The lowest BCUT2D eigenvalue weighted by Crippen LogP contribution is -2.48. The molecule has 2 aliphatic rings. The van der Waals surface area contributed by atoms with Crippen molar-refractivity contribution < 1.29 is 16.8 Å². The first-order valence-electron chi connectivity index (χ1n) is 7.73. The van der Waals surface area contributed by atoms with E-state index in [0.717, 1.165) is 18.4 Å². The van der Waals surface area contributed by atoms with Crippen molar-refractivity contribution in [1.82, 2.24) is 4.31 Å². The number of benzene rings is 1. The lowest BCUT2D eigenvalue weighted by molar-refractivity contribution is 0.252. The number of sulfone groups is 1. The second-order valence-corrected chi connectivity index (χ2v) is 10.4. The molecule has 0 N–H and O–H groups in total. The number of hydrogen-bond donors (Lipinski definition) is 0. The van der Waals surface area contributed by atoms with Crippen LogP contribution in [-0.2, 0) is 19.9 Å². The average Bonchev–Trinajstić information content (AvgIpc) is 2.77. The summed E-state index contributed by atoms with van der Waals surface area (Å²) in [5.41, 5.74) is 0.828. The fourth-order valence-corrected chi connectivity index (χ4v) is 6.48. The first-order chi connectivity index (χ1) is 10.8. The van der Waals surface area contributed by atoms with Crippen LogP contribution in [0.4, 0.5) is 0 Å². The van der Waals surface area contributed by atoms with Gasteiger partial charge in [0, 0.05) is 23.7 Å². The number of hydrogen-bond acceptors (Lipinski definition) is 4. The van der Waals surface area contributed by atoms with Gasteiger partial charge in [0.25, 0.3) is 0 Å². The van der Waals surface area contributed by atoms with Crippen molar-refractivity contribution in [2.75, 3.05) is 6.26 Å². The molecule has 3 rings (SSSR count). The van der Waals surface area contributed by atoms with E-state index < -0.39 is 25.1 Å². The van der Waals surface area contributed by atoms with Gasteiger partial charge in [-0.1, -0.05) is 30.3 Å². The Bertz CT molecular complexity index is 786. The molecular formula is C16H21NO4S2. The molecule has 126 valence electrons. The molecule has 2 atom stereocenters. The van der Waals surface area contributed by atoms with Gasteiger partial charge in [0.2, 0.25) is 10.0 Å². The molecule has 2 aliphatic heterocycles. The van der Waals surface area contributed by atoms with E-state index in [4.69, 9.17) is 0 Å². The summed E-state index contributed by atoms with van der Waals surface area (Å²) in [6, 6.07) is 8.88. The van der Waals surface area contributed by atoms with Gasteiger partial charge in [0.15, 0.2) is 0 Å². The lowest BCUT2D eigenvalue weighted by atomic mass is 10.1. The molecule has 2 heterocycles. The van der Waals surface area contributed by atoms with Crippen molar-refractivity contribution in [2.24, 2.45) is 0 Å². The second-order valence-electron chi connectivity index (χ2n) is 6.40. The van der Waals surface area contributed by atoms with Gasteiger partial charge in [0.05, 0.1) is 5.25 Å². The summed E-state index contributed by atoms with van der Waals surface area (Å²) >= 11 is 0. The standard InChI is InChI=1S/C16H21NO4S2/c1-22(18,19)16-11-14-7-8-15(12-16)17(14)23(20,21)10-9-13-5-3-2-4-6-13/h2-6,9-10,14-16H,7-8,11-12H2,1H3/b10-9+. The Hall–Kier alpha value is -1.18. The predicted molar refractivity (Wildman–Crippen MR) is 90.9 cm³/mol. The fourth-order valence-electron chi connectivity index (χ4n) is 3.65. The van der Waals surface area contributed by atoms with Crippen LogP contribution in [0.25, 0.3) is 6.08 Å². The van der Waals surface area contributed by atoms with Gasteiger partial charge in [0.1, 0.15) is 9.84 Å². The first kappa shape index (κ1) is 16.7. The zero-order valence-corrected chi connectivity index (χ0v) is 14.6. The van der Waals surface area contributed by atoms with Crippen LogP contribution >= 0.6 is 0 Å². The third-order valence-corrected chi connectivity index (χ3v) is 8.01. The summed E-state index contributed by atoms with van der Waals surface area (Å²) in [5, 5.41) is 0.832. The number of rotatable bonds is 4. The number of sulfonamides is 1. The Labute approximate surface area is 138 Å². The maximum absolute atomic E-state index is 12.7. The topological polar surface area (TPSA) is 71.5 Å². The molecule has 2 bridgehead atoms. The van der Waals surface area contributed by atoms with Gasteiger partial charge in [-0.2, -0.15) is 4.31 Å². The fraction of sp³-hybridized carbons (Fsp3) is 0.500. The minimum atomic E-state index is -3.53. The molecule has 1 aromatic rings. The van der Waals surface area contributed by atoms with Crippen molar-refractivity contribution in [2.45, 2.75) is 43.0 Å².